The quantitative estimate of drug-likeness (QED) is 0.766. The number of thiazole rings is 1. The van der Waals surface area contributed by atoms with E-state index in [-0.39, 0.29) is 0 Å². The summed E-state index contributed by atoms with van der Waals surface area (Å²) < 4.78 is 0. The second-order valence-corrected chi connectivity index (χ2v) is 4.32. The fourth-order valence-electron chi connectivity index (χ4n) is 1.15. The first-order chi connectivity index (χ1) is 6.22. The van der Waals surface area contributed by atoms with E-state index in [9.17, 15) is 0 Å². The molecule has 0 fully saturated rings. The van der Waals surface area contributed by atoms with Crippen molar-refractivity contribution in [3.63, 3.8) is 0 Å². The molecule has 3 nitrogen and oxygen atoms in total. The van der Waals surface area contributed by atoms with Gasteiger partial charge in [0.05, 0.1) is 6.20 Å². The van der Waals surface area contributed by atoms with Gasteiger partial charge in [0, 0.05) is 6.04 Å². The van der Waals surface area contributed by atoms with Crippen LogP contribution < -0.4 is 11.1 Å². The molecule has 0 bridgehead atoms. The Bertz CT molecular complexity index is 247. The Morgan fingerprint density at radius 2 is 2.46 bits per heavy atom. The summed E-state index contributed by atoms with van der Waals surface area (Å²) in [5, 5.41) is 5.03. The lowest BCUT2D eigenvalue weighted by atomic mass is 10.1. The van der Waals surface area contributed by atoms with Crippen molar-refractivity contribution in [2.45, 2.75) is 39.2 Å². The van der Waals surface area contributed by atoms with Crippen LogP contribution in [0.1, 0.15) is 33.1 Å². The molecule has 1 aromatic rings. The third-order valence-corrected chi connectivity index (χ3v) is 2.64. The van der Waals surface area contributed by atoms with Crippen molar-refractivity contribution in [3.8, 4) is 0 Å². The van der Waals surface area contributed by atoms with E-state index in [1.165, 1.54) is 30.6 Å². The van der Waals surface area contributed by atoms with E-state index in [1.807, 2.05) is 0 Å². The topological polar surface area (TPSA) is 50.9 Å². The molecule has 0 radical (unpaired) electrons. The van der Waals surface area contributed by atoms with Crippen LogP contribution in [0.2, 0.25) is 0 Å². The molecule has 0 aliphatic heterocycles. The zero-order valence-corrected chi connectivity index (χ0v) is 9.03. The first-order valence-electron chi connectivity index (χ1n) is 4.70. The molecule has 0 saturated heterocycles. The fraction of sp³-hybridized carbons (Fsp3) is 0.667. The maximum absolute atomic E-state index is 5.57. The maximum atomic E-state index is 5.57. The minimum atomic E-state index is 0.491. The number of hydrogen-bond acceptors (Lipinski definition) is 4. The minimum absolute atomic E-state index is 0.491. The number of aromatic nitrogens is 1. The number of nitrogens with one attached hydrogen (secondary N) is 1. The van der Waals surface area contributed by atoms with Crippen molar-refractivity contribution in [2.24, 2.45) is 0 Å². The van der Waals surface area contributed by atoms with Gasteiger partial charge in [0.15, 0.2) is 5.13 Å². The predicted molar refractivity (Wildman–Crippen MR) is 59.1 cm³/mol. The summed E-state index contributed by atoms with van der Waals surface area (Å²) in [4.78, 5) is 4.15. The van der Waals surface area contributed by atoms with Crippen LogP contribution in [-0.4, -0.2) is 11.0 Å². The van der Waals surface area contributed by atoms with Gasteiger partial charge in [-0.2, -0.15) is 0 Å². The Morgan fingerprint density at radius 1 is 1.69 bits per heavy atom. The highest BCUT2D eigenvalue weighted by molar-refractivity contribution is 7.19. The van der Waals surface area contributed by atoms with Gasteiger partial charge >= 0.3 is 0 Å². The van der Waals surface area contributed by atoms with Gasteiger partial charge in [-0.1, -0.05) is 31.1 Å². The molecule has 1 atom stereocenters. The van der Waals surface area contributed by atoms with Crippen LogP contribution in [0.15, 0.2) is 6.20 Å². The van der Waals surface area contributed by atoms with Crippen LogP contribution >= 0.6 is 11.3 Å². The average Bonchev–Trinajstić information content (AvgIpc) is 2.48. The SMILES string of the molecule is CCCCC(C)Nc1ncc(N)s1. The summed E-state index contributed by atoms with van der Waals surface area (Å²) in [5.74, 6) is 0. The van der Waals surface area contributed by atoms with Crippen molar-refractivity contribution in [2.75, 3.05) is 11.1 Å². The Labute approximate surface area is 83.4 Å². The Morgan fingerprint density at radius 3 is 3.00 bits per heavy atom. The third kappa shape index (κ3) is 3.63. The molecule has 0 aliphatic carbocycles. The first kappa shape index (κ1) is 10.3. The second kappa shape index (κ2) is 5.07. The Hall–Kier alpha value is -0.770. The van der Waals surface area contributed by atoms with Crippen LogP contribution in [-0.2, 0) is 0 Å². The van der Waals surface area contributed by atoms with Crippen LogP contribution in [0.25, 0.3) is 0 Å². The standard InChI is InChI=1S/C9H17N3S/c1-3-4-5-7(2)12-9-11-6-8(10)13-9/h6-7H,3-5,10H2,1-2H3,(H,11,12). The van der Waals surface area contributed by atoms with Crippen molar-refractivity contribution >= 4 is 21.5 Å². The number of rotatable bonds is 5. The van der Waals surface area contributed by atoms with Crippen molar-refractivity contribution in [3.05, 3.63) is 6.20 Å². The summed E-state index contributed by atoms with van der Waals surface area (Å²) in [6.07, 6.45) is 5.39. The molecule has 13 heavy (non-hydrogen) atoms. The van der Waals surface area contributed by atoms with Gasteiger partial charge in [0.1, 0.15) is 5.00 Å². The molecule has 1 unspecified atom stereocenters. The highest BCUT2D eigenvalue weighted by atomic mass is 32.1. The number of unbranched alkanes of at least 4 members (excludes halogenated alkanes) is 1. The summed E-state index contributed by atoms with van der Waals surface area (Å²) >= 11 is 1.51. The molecule has 1 aromatic heterocycles. The van der Waals surface area contributed by atoms with Gasteiger partial charge in [0.2, 0.25) is 0 Å². The maximum Gasteiger partial charge on any atom is 0.184 e. The van der Waals surface area contributed by atoms with Crippen LogP contribution in [0.4, 0.5) is 10.1 Å². The number of nitrogen functional groups attached to an aromatic ring is 1. The highest BCUT2D eigenvalue weighted by Gasteiger charge is 2.03. The number of nitrogens with zero attached hydrogens (tertiary/aromatic N) is 1. The van der Waals surface area contributed by atoms with E-state index in [2.05, 4.69) is 24.1 Å². The summed E-state index contributed by atoms with van der Waals surface area (Å²) in [6, 6.07) is 0.491. The average molecular weight is 199 g/mol. The fourth-order valence-corrected chi connectivity index (χ4v) is 1.84. The third-order valence-electron chi connectivity index (χ3n) is 1.88. The van der Waals surface area contributed by atoms with Gasteiger partial charge in [-0.15, -0.1) is 0 Å². The minimum Gasteiger partial charge on any atom is -0.389 e. The van der Waals surface area contributed by atoms with E-state index >= 15 is 0 Å². The summed E-state index contributed by atoms with van der Waals surface area (Å²) in [7, 11) is 0. The lowest BCUT2D eigenvalue weighted by Gasteiger charge is -2.11. The molecule has 0 saturated carbocycles. The Kier molecular flexibility index (Phi) is 4.02. The highest BCUT2D eigenvalue weighted by Crippen LogP contribution is 2.20. The molecular formula is C9H17N3S. The molecule has 1 heterocycles. The molecule has 0 aromatic carbocycles. The lowest BCUT2D eigenvalue weighted by molar-refractivity contribution is 0.645. The summed E-state index contributed by atoms with van der Waals surface area (Å²) in [6.45, 7) is 4.38. The Balaban J connectivity index is 2.31. The van der Waals surface area contributed by atoms with Crippen LogP contribution in [0, 0.1) is 0 Å². The van der Waals surface area contributed by atoms with E-state index < -0.39 is 0 Å². The largest absolute Gasteiger partial charge is 0.389 e. The molecule has 0 aliphatic rings. The van der Waals surface area contributed by atoms with Crippen LogP contribution in [0.3, 0.4) is 0 Å². The number of anilines is 2. The van der Waals surface area contributed by atoms with Crippen molar-refractivity contribution in [1.29, 1.82) is 0 Å². The molecule has 1 rings (SSSR count). The molecule has 0 spiro atoms. The zero-order chi connectivity index (χ0) is 9.68. The van der Waals surface area contributed by atoms with Gasteiger partial charge in [-0.25, -0.2) is 4.98 Å². The molecule has 3 N–H and O–H groups in total. The zero-order valence-electron chi connectivity index (χ0n) is 8.21. The number of hydrogen-bond donors (Lipinski definition) is 2. The molecule has 4 heteroatoms. The van der Waals surface area contributed by atoms with Gasteiger partial charge in [-0.05, 0) is 13.3 Å². The smallest absolute Gasteiger partial charge is 0.184 e. The van der Waals surface area contributed by atoms with Crippen molar-refractivity contribution < 1.29 is 0 Å². The van der Waals surface area contributed by atoms with E-state index in [0.717, 1.165) is 10.1 Å². The summed E-state index contributed by atoms with van der Waals surface area (Å²) in [5.41, 5.74) is 5.57. The lowest BCUT2D eigenvalue weighted by Crippen LogP contribution is -2.14. The number of nitrogens with two attached hydrogens (primary N) is 1. The molecular weight excluding hydrogens is 182 g/mol. The first-order valence-corrected chi connectivity index (χ1v) is 5.52. The second-order valence-electron chi connectivity index (χ2n) is 3.26. The van der Waals surface area contributed by atoms with Gasteiger partial charge < -0.3 is 11.1 Å². The van der Waals surface area contributed by atoms with E-state index in [1.54, 1.807) is 6.20 Å². The van der Waals surface area contributed by atoms with Crippen LogP contribution in [0.5, 0.6) is 0 Å². The van der Waals surface area contributed by atoms with Gasteiger partial charge in [0.25, 0.3) is 0 Å². The predicted octanol–water partition coefficient (Wildman–Crippen LogP) is 2.72. The van der Waals surface area contributed by atoms with E-state index in [0.29, 0.717) is 6.04 Å². The van der Waals surface area contributed by atoms with E-state index in [4.69, 9.17) is 5.73 Å². The molecule has 74 valence electrons. The van der Waals surface area contributed by atoms with Gasteiger partial charge in [-0.3, -0.25) is 0 Å². The monoisotopic (exact) mass is 199 g/mol. The molecule has 0 amide bonds. The normalized spacial score (nSPS) is 12.8. The van der Waals surface area contributed by atoms with Crippen molar-refractivity contribution in [1.82, 2.24) is 4.98 Å².